The molecular formula is C12H15ClN2O2. The lowest BCUT2D eigenvalue weighted by Gasteiger charge is -2.38. The van der Waals surface area contributed by atoms with Gasteiger partial charge >= 0.3 is 0 Å². The van der Waals surface area contributed by atoms with Gasteiger partial charge in [-0.3, -0.25) is 4.79 Å². The molecule has 0 saturated carbocycles. The highest BCUT2D eigenvalue weighted by Gasteiger charge is 2.31. The normalized spacial score (nSPS) is 15.5. The van der Waals surface area contributed by atoms with Crippen LogP contribution < -0.4 is 4.74 Å². The summed E-state index contributed by atoms with van der Waals surface area (Å²) in [5.74, 6) is 1.09. The first kappa shape index (κ1) is 12.2. The summed E-state index contributed by atoms with van der Waals surface area (Å²) >= 11 is 5.52. The van der Waals surface area contributed by atoms with E-state index < -0.39 is 0 Å². The predicted molar refractivity (Wildman–Crippen MR) is 65.3 cm³/mol. The van der Waals surface area contributed by atoms with Crippen LogP contribution >= 0.6 is 11.6 Å². The van der Waals surface area contributed by atoms with Gasteiger partial charge in [0, 0.05) is 24.1 Å². The number of ether oxygens (including phenoxy) is 1. The molecular weight excluding hydrogens is 240 g/mol. The molecule has 5 heteroatoms. The number of carbonyl (C=O) groups is 1. The van der Waals surface area contributed by atoms with Crippen LogP contribution in [0.15, 0.2) is 18.2 Å². The molecule has 1 aromatic rings. The third-order valence-electron chi connectivity index (χ3n) is 2.66. The van der Waals surface area contributed by atoms with Gasteiger partial charge in [0.1, 0.15) is 6.10 Å². The predicted octanol–water partition coefficient (Wildman–Crippen LogP) is 1.61. The van der Waals surface area contributed by atoms with Crippen LogP contribution in [0.25, 0.3) is 0 Å². The van der Waals surface area contributed by atoms with Crippen molar-refractivity contribution >= 4 is 17.5 Å². The summed E-state index contributed by atoms with van der Waals surface area (Å²) in [6, 6.07) is 5.66. The summed E-state index contributed by atoms with van der Waals surface area (Å²) in [5.41, 5.74) is 0.928. The van der Waals surface area contributed by atoms with E-state index in [0.717, 1.165) is 5.69 Å². The minimum Gasteiger partial charge on any atom is -0.471 e. The summed E-state index contributed by atoms with van der Waals surface area (Å²) in [6.07, 6.45) is 0.459. The number of rotatable bonds is 4. The van der Waals surface area contributed by atoms with Gasteiger partial charge in [-0.2, -0.15) is 0 Å². The summed E-state index contributed by atoms with van der Waals surface area (Å²) in [7, 11) is 0. The maximum absolute atomic E-state index is 11.4. The van der Waals surface area contributed by atoms with Crippen LogP contribution in [-0.2, 0) is 4.79 Å². The minimum atomic E-state index is 0.0589. The zero-order valence-corrected chi connectivity index (χ0v) is 10.5. The van der Waals surface area contributed by atoms with E-state index in [9.17, 15) is 4.79 Å². The molecule has 0 aliphatic carbocycles. The monoisotopic (exact) mass is 254 g/mol. The Hall–Kier alpha value is -1.29. The third kappa shape index (κ3) is 3.09. The van der Waals surface area contributed by atoms with Crippen LogP contribution in [0.4, 0.5) is 0 Å². The number of carbonyl (C=O) groups excluding carboxylic acids is 1. The lowest BCUT2D eigenvalue weighted by molar-refractivity contribution is -0.139. The Balaban J connectivity index is 1.79. The van der Waals surface area contributed by atoms with Crippen molar-refractivity contribution in [1.82, 2.24) is 9.88 Å². The van der Waals surface area contributed by atoms with Crippen molar-refractivity contribution in [3.05, 3.63) is 23.9 Å². The number of nitrogens with zero attached hydrogens (tertiary/aromatic N) is 2. The molecule has 4 nitrogen and oxygen atoms in total. The number of alkyl halides is 1. The molecule has 1 aromatic heterocycles. The number of likely N-dealkylation sites (tertiary alicyclic amines) is 1. The number of halogens is 1. The van der Waals surface area contributed by atoms with Gasteiger partial charge in [0.05, 0.1) is 13.1 Å². The Morgan fingerprint density at radius 3 is 3.00 bits per heavy atom. The van der Waals surface area contributed by atoms with Crippen LogP contribution in [0.5, 0.6) is 5.88 Å². The Kier molecular flexibility index (Phi) is 3.84. The third-order valence-corrected chi connectivity index (χ3v) is 2.85. The van der Waals surface area contributed by atoms with Crippen molar-refractivity contribution in [3.8, 4) is 5.88 Å². The highest BCUT2D eigenvalue weighted by atomic mass is 35.5. The van der Waals surface area contributed by atoms with Gasteiger partial charge < -0.3 is 9.64 Å². The highest BCUT2D eigenvalue weighted by Crippen LogP contribution is 2.17. The number of aryl methyl sites for hydroxylation is 1. The molecule has 1 fully saturated rings. The van der Waals surface area contributed by atoms with Crippen molar-refractivity contribution in [2.75, 3.05) is 19.0 Å². The lowest BCUT2D eigenvalue weighted by Crippen LogP contribution is -2.56. The fourth-order valence-electron chi connectivity index (χ4n) is 1.71. The van der Waals surface area contributed by atoms with Crippen LogP contribution in [0.1, 0.15) is 12.1 Å². The molecule has 0 bridgehead atoms. The lowest BCUT2D eigenvalue weighted by atomic mass is 10.1. The molecule has 1 saturated heterocycles. The van der Waals surface area contributed by atoms with Gasteiger partial charge in [0.25, 0.3) is 0 Å². The maximum atomic E-state index is 11.4. The molecule has 1 aliphatic rings. The molecule has 0 aromatic carbocycles. The van der Waals surface area contributed by atoms with E-state index >= 15 is 0 Å². The van der Waals surface area contributed by atoms with Crippen molar-refractivity contribution in [3.63, 3.8) is 0 Å². The van der Waals surface area contributed by atoms with E-state index in [4.69, 9.17) is 16.3 Å². The first-order chi connectivity index (χ1) is 8.19. The molecule has 1 aliphatic heterocycles. The summed E-state index contributed by atoms with van der Waals surface area (Å²) < 4.78 is 5.65. The maximum Gasteiger partial charge on any atom is 0.224 e. The SMILES string of the molecule is Cc1cccc(OC2CN(C(=O)CCCl)C2)n1. The molecule has 0 atom stereocenters. The Bertz CT molecular complexity index is 405. The van der Waals surface area contributed by atoms with Crippen molar-refractivity contribution in [1.29, 1.82) is 0 Å². The van der Waals surface area contributed by atoms with Crippen molar-refractivity contribution in [2.45, 2.75) is 19.4 Å². The van der Waals surface area contributed by atoms with Gasteiger partial charge in [-0.15, -0.1) is 11.6 Å². The van der Waals surface area contributed by atoms with Gasteiger partial charge in [0.15, 0.2) is 0 Å². The standard InChI is InChI=1S/C12H15ClN2O2/c1-9-3-2-4-11(14-9)17-10-7-15(8-10)12(16)5-6-13/h2-4,10H,5-8H2,1H3. The quantitative estimate of drug-likeness (QED) is 0.767. The summed E-state index contributed by atoms with van der Waals surface area (Å²) in [4.78, 5) is 17.5. The van der Waals surface area contributed by atoms with Crippen LogP contribution in [0.2, 0.25) is 0 Å². The first-order valence-corrected chi connectivity index (χ1v) is 6.16. The molecule has 17 heavy (non-hydrogen) atoms. The molecule has 92 valence electrons. The van der Waals surface area contributed by atoms with Gasteiger partial charge in [-0.1, -0.05) is 6.07 Å². The smallest absolute Gasteiger partial charge is 0.224 e. The average molecular weight is 255 g/mol. The van der Waals surface area contributed by atoms with E-state index in [1.165, 1.54) is 0 Å². The van der Waals surface area contributed by atoms with Crippen LogP contribution in [-0.4, -0.2) is 40.9 Å². The Morgan fingerprint density at radius 1 is 1.59 bits per heavy atom. The van der Waals surface area contributed by atoms with Gasteiger partial charge in [-0.05, 0) is 13.0 Å². The van der Waals surface area contributed by atoms with Crippen molar-refractivity contribution in [2.24, 2.45) is 0 Å². The van der Waals surface area contributed by atoms with Gasteiger partial charge in [0.2, 0.25) is 11.8 Å². The second kappa shape index (κ2) is 5.36. The molecule has 1 amide bonds. The summed E-state index contributed by atoms with van der Waals surface area (Å²) in [6.45, 7) is 3.18. The Labute approximate surface area is 106 Å². The number of pyridine rings is 1. The topological polar surface area (TPSA) is 42.4 Å². The molecule has 0 unspecified atom stereocenters. The van der Waals surface area contributed by atoms with Crippen LogP contribution in [0, 0.1) is 6.92 Å². The fraction of sp³-hybridized carbons (Fsp3) is 0.500. The molecule has 0 radical (unpaired) electrons. The molecule has 0 N–H and O–H groups in total. The summed E-state index contributed by atoms with van der Waals surface area (Å²) in [5, 5.41) is 0. The van der Waals surface area contributed by atoms with Gasteiger partial charge in [-0.25, -0.2) is 4.98 Å². The molecule has 2 rings (SSSR count). The van der Waals surface area contributed by atoms with E-state index in [-0.39, 0.29) is 12.0 Å². The molecule has 2 heterocycles. The van der Waals surface area contributed by atoms with E-state index in [0.29, 0.717) is 31.3 Å². The van der Waals surface area contributed by atoms with E-state index in [1.54, 1.807) is 4.90 Å². The largest absolute Gasteiger partial charge is 0.471 e. The van der Waals surface area contributed by atoms with Crippen LogP contribution in [0.3, 0.4) is 0 Å². The second-order valence-electron chi connectivity index (χ2n) is 4.09. The first-order valence-electron chi connectivity index (χ1n) is 5.63. The zero-order valence-electron chi connectivity index (χ0n) is 9.73. The number of aromatic nitrogens is 1. The number of amides is 1. The number of hydrogen-bond acceptors (Lipinski definition) is 3. The van der Waals surface area contributed by atoms with E-state index in [1.807, 2.05) is 25.1 Å². The molecule has 0 spiro atoms. The fourth-order valence-corrected chi connectivity index (χ4v) is 1.87. The average Bonchev–Trinajstić information content (AvgIpc) is 2.23. The van der Waals surface area contributed by atoms with Crippen molar-refractivity contribution < 1.29 is 9.53 Å². The highest BCUT2D eigenvalue weighted by molar-refractivity contribution is 6.18. The van der Waals surface area contributed by atoms with E-state index in [2.05, 4.69) is 4.98 Å². The second-order valence-corrected chi connectivity index (χ2v) is 4.47. The number of hydrogen-bond donors (Lipinski definition) is 0. The Morgan fingerprint density at radius 2 is 2.35 bits per heavy atom. The zero-order chi connectivity index (χ0) is 12.3. The minimum absolute atomic E-state index is 0.0589.